The number of anilines is 1. The summed E-state index contributed by atoms with van der Waals surface area (Å²) in [6, 6.07) is 10.7. The number of nitrogens with one attached hydrogen (secondary N) is 1. The van der Waals surface area contributed by atoms with Gasteiger partial charge in [-0.05, 0) is 12.5 Å². The second-order valence-electron chi connectivity index (χ2n) is 6.12. The Hall–Kier alpha value is -4.08. The fourth-order valence-corrected chi connectivity index (χ4v) is 2.65. The minimum atomic E-state index is -0.788. The van der Waals surface area contributed by atoms with Crippen molar-refractivity contribution in [2.45, 2.75) is 13.5 Å². The van der Waals surface area contributed by atoms with E-state index in [4.69, 9.17) is 0 Å². The van der Waals surface area contributed by atoms with E-state index in [0.29, 0.717) is 12.2 Å². The van der Waals surface area contributed by atoms with Gasteiger partial charge in [-0.3, -0.25) is 29.7 Å². The van der Waals surface area contributed by atoms with Crippen molar-refractivity contribution in [3.05, 3.63) is 91.8 Å². The van der Waals surface area contributed by atoms with Gasteiger partial charge >= 0.3 is 0 Å². The molecule has 0 unspecified atom stereocenters. The summed E-state index contributed by atoms with van der Waals surface area (Å²) in [5.74, 6) is -0.707. The predicted molar refractivity (Wildman–Crippen MR) is 100 cm³/mol. The first-order chi connectivity index (χ1) is 13.3. The highest BCUT2D eigenvalue weighted by molar-refractivity contribution is 6.05. The number of hydrogen-bond donors (Lipinski definition) is 1. The van der Waals surface area contributed by atoms with Crippen LogP contribution in [-0.4, -0.2) is 25.5 Å². The van der Waals surface area contributed by atoms with E-state index in [0.717, 1.165) is 29.3 Å². The molecule has 0 spiro atoms. The standard InChI is InChI=1S/C18H15N5O5/c1-12-3-2-4-13(5-12)10-21-11-15(9-19-21)20-18(24)14-6-16(22(25)26)8-17(7-14)23(27)28/h2-9,11H,10H2,1H3,(H,20,24). The van der Waals surface area contributed by atoms with E-state index in [1.807, 2.05) is 31.2 Å². The number of hydrogen-bond acceptors (Lipinski definition) is 6. The van der Waals surface area contributed by atoms with Crippen molar-refractivity contribution in [2.75, 3.05) is 5.32 Å². The summed E-state index contributed by atoms with van der Waals surface area (Å²) in [5, 5.41) is 28.6. The molecule has 1 amide bonds. The zero-order chi connectivity index (χ0) is 20.3. The van der Waals surface area contributed by atoms with Gasteiger partial charge in [0.15, 0.2) is 0 Å². The number of aryl methyl sites for hydroxylation is 1. The lowest BCUT2D eigenvalue weighted by molar-refractivity contribution is -0.394. The van der Waals surface area contributed by atoms with Crippen LogP contribution in [0.2, 0.25) is 0 Å². The maximum Gasteiger partial charge on any atom is 0.277 e. The second-order valence-corrected chi connectivity index (χ2v) is 6.12. The van der Waals surface area contributed by atoms with Gasteiger partial charge in [0, 0.05) is 18.3 Å². The molecule has 3 rings (SSSR count). The molecular weight excluding hydrogens is 366 g/mol. The third-order valence-corrected chi connectivity index (χ3v) is 3.90. The Kier molecular flexibility index (Phi) is 5.12. The van der Waals surface area contributed by atoms with Crippen molar-refractivity contribution in [1.82, 2.24) is 9.78 Å². The molecule has 0 saturated heterocycles. The Morgan fingerprint density at radius 2 is 1.79 bits per heavy atom. The van der Waals surface area contributed by atoms with E-state index in [1.54, 1.807) is 10.9 Å². The molecule has 1 aromatic heterocycles. The first kappa shape index (κ1) is 18.7. The molecule has 10 heteroatoms. The summed E-state index contributed by atoms with van der Waals surface area (Å²) in [5.41, 5.74) is 1.27. The van der Waals surface area contributed by atoms with Crippen molar-refractivity contribution in [3.63, 3.8) is 0 Å². The van der Waals surface area contributed by atoms with E-state index < -0.39 is 27.1 Å². The molecule has 0 radical (unpaired) electrons. The van der Waals surface area contributed by atoms with Gasteiger partial charge in [0.2, 0.25) is 0 Å². The van der Waals surface area contributed by atoms with Gasteiger partial charge in [0.25, 0.3) is 17.3 Å². The average Bonchev–Trinajstić information content (AvgIpc) is 3.08. The lowest BCUT2D eigenvalue weighted by Crippen LogP contribution is -2.12. The van der Waals surface area contributed by atoms with Crippen LogP contribution in [0.25, 0.3) is 0 Å². The maximum absolute atomic E-state index is 12.4. The summed E-state index contributed by atoms with van der Waals surface area (Å²) in [6.07, 6.45) is 3.03. The Balaban J connectivity index is 1.77. The van der Waals surface area contributed by atoms with Crippen LogP contribution >= 0.6 is 0 Å². The molecule has 0 fully saturated rings. The summed E-state index contributed by atoms with van der Waals surface area (Å²) < 4.78 is 1.63. The van der Waals surface area contributed by atoms with Gasteiger partial charge in [0.05, 0.1) is 39.9 Å². The largest absolute Gasteiger partial charge is 0.319 e. The molecular formula is C18H15N5O5. The molecule has 1 heterocycles. The minimum Gasteiger partial charge on any atom is -0.319 e. The number of nitro benzene ring substituents is 2. The zero-order valence-corrected chi connectivity index (χ0v) is 14.7. The smallest absolute Gasteiger partial charge is 0.277 e. The lowest BCUT2D eigenvalue weighted by atomic mass is 10.1. The molecule has 10 nitrogen and oxygen atoms in total. The third-order valence-electron chi connectivity index (χ3n) is 3.90. The number of nitro groups is 2. The molecule has 0 aliphatic heterocycles. The Morgan fingerprint density at radius 1 is 1.11 bits per heavy atom. The number of carbonyl (C=O) groups excluding carboxylic acids is 1. The molecule has 28 heavy (non-hydrogen) atoms. The van der Waals surface area contributed by atoms with Crippen LogP contribution in [0.5, 0.6) is 0 Å². The Morgan fingerprint density at radius 3 is 2.39 bits per heavy atom. The van der Waals surface area contributed by atoms with Gasteiger partial charge < -0.3 is 5.32 Å². The van der Waals surface area contributed by atoms with Gasteiger partial charge in [-0.15, -0.1) is 0 Å². The molecule has 0 bridgehead atoms. The fraction of sp³-hybridized carbons (Fsp3) is 0.111. The predicted octanol–water partition coefficient (Wildman–Crippen LogP) is 3.31. The van der Waals surface area contributed by atoms with Gasteiger partial charge in [-0.1, -0.05) is 29.8 Å². The van der Waals surface area contributed by atoms with Crippen LogP contribution in [0.15, 0.2) is 54.9 Å². The van der Waals surface area contributed by atoms with Crippen molar-refractivity contribution >= 4 is 23.0 Å². The maximum atomic E-state index is 12.4. The molecule has 0 saturated carbocycles. The molecule has 1 N–H and O–H groups in total. The average molecular weight is 381 g/mol. The van der Waals surface area contributed by atoms with Crippen molar-refractivity contribution in [2.24, 2.45) is 0 Å². The monoisotopic (exact) mass is 381 g/mol. The first-order valence-electron chi connectivity index (χ1n) is 8.15. The number of rotatable bonds is 6. The van der Waals surface area contributed by atoms with E-state index in [2.05, 4.69) is 10.4 Å². The zero-order valence-electron chi connectivity index (χ0n) is 14.7. The van der Waals surface area contributed by atoms with Crippen LogP contribution in [0.3, 0.4) is 0 Å². The summed E-state index contributed by atoms with van der Waals surface area (Å²) in [6.45, 7) is 2.48. The molecule has 142 valence electrons. The minimum absolute atomic E-state index is 0.188. The Bertz CT molecular complexity index is 1040. The van der Waals surface area contributed by atoms with Crippen LogP contribution < -0.4 is 5.32 Å². The van der Waals surface area contributed by atoms with E-state index in [1.165, 1.54) is 6.20 Å². The van der Waals surface area contributed by atoms with Crippen LogP contribution in [0.1, 0.15) is 21.5 Å². The molecule has 0 aliphatic rings. The highest BCUT2D eigenvalue weighted by atomic mass is 16.6. The normalized spacial score (nSPS) is 10.5. The molecule has 3 aromatic rings. The van der Waals surface area contributed by atoms with Crippen molar-refractivity contribution in [1.29, 1.82) is 0 Å². The van der Waals surface area contributed by atoms with E-state index >= 15 is 0 Å². The summed E-state index contributed by atoms with van der Waals surface area (Å²) in [7, 11) is 0. The van der Waals surface area contributed by atoms with Crippen molar-refractivity contribution < 1.29 is 14.6 Å². The quantitative estimate of drug-likeness (QED) is 0.514. The van der Waals surface area contributed by atoms with E-state index in [9.17, 15) is 25.0 Å². The molecule has 2 aromatic carbocycles. The fourth-order valence-electron chi connectivity index (χ4n) is 2.65. The van der Waals surface area contributed by atoms with Crippen LogP contribution in [0.4, 0.5) is 17.1 Å². The van der Waals surface area contributed by atoms with Crippen LogP contribution in [0, 0.1) is 27.2 Å². The second kappa shape index (κ2) is 7.66. The third kappa shape index (κ3) is 4.36. The van der Waals surface area contributed by atoms with Gasteiger partial charge in [-0.2, -0.15) is 5.10 Å². The number of benzene rings is 2. The number of carbonyl (C=O) groups is 1. The van der Waals surface area contributed by atoms with Crippen LogP contribution in [-0.2, 0) is 6.54 Å². The van der Waals surface area contributed by atoms with Gasteiger partial charge in [-0.25, -0.2) is 0 Å². The first-order valence-corrected chi connectivity index (χ1v) is 8.15. The highest BCUT2D eigenvalue weighted by Gasteiger charge is 2.20. The number of aromatic nitrogens is 2. The number of non-ortho nitro benzene ring substituents is 2. The Labute approximate surface area is 158 Å². The van der Waals surface area contributed by atoms with Crippen molar-refractivity contribution in [3.8, 4) is 0 Å². The van der Waals surface area contributed by atoms with Gasteiger partial charge in [0.1, 0.15) is 0 Å². The summed E-state index contributed by atoms with van der Waals surface area (Å²) >= 11 is 0. The highest BCUT2D eigenvalue weighted by Crippen LogP contribution is 2.23. The summed E-state index contributed by atoms with van der Waals surface area (Å²) in [4.78, 5) is 32.7. The lowest BCUT2D eigenvalue weighted by Gasteiger charge is -2.04. The molecule has 0 atom stereocenters. The SMILES string of the molecule is Cc1cccc(Cn2cc(NC(=O)c3cc([N+](=O)[O-])cc([N+](=O)[O-])c3)cn2)c1. The van der Waals surface area contributed by atoms with E-state index in [-0.39, 0.29) is 5.56 Å². The number of amides is 1. The topological polar surface area (TPSA) is 133 Å². The number of nitrogens with zero attached hydrogens (tertiary/aromatic N) is 4. The molecule has 0 aliphatic carbocycles.